The number of fused-ring (bicyclic) bond motifs is 1. The van der Waals surface area contributed by atoms with Crippen molar-refractivity contribution in [3.63, 3.8) is 0 Å². The lowest BCUT2D eigenvalue weighted by atomic mass is 9.92. The van der Waals surface area contributed by atoms with E-state index in [1.54, 1.807) is 0 Å². The molecule has 2 atom stereocenters. The molecule has 0 spiro atoms. The van der Waals surface area contributed by atoms with Crippen LogP contribution in [0.2, 0.25) is 0 Å². The van der Waals surface area contributed by atoms with Crippen LogP contribution in [-0.4, -0.2) is 27.4 Å². The summed E-state index contributed by atoms with van der Waals surface area (Å²) in [5.74, 6) is -0.424. The normalized spacial score (nSPS) is 24.2. The van der Waals surface area contributed by atoms with Gasteiger partial charge in [0.15, 0.2) is 0 Å². The lowest BCUT2D eigenvalue weighted by Gasteiger charge is -2.24. The predicted molar refractivity (Wildman–Crippen MR) is 67.0 cm³/mol. The van der Waals surface area contributed by atoms with E-state index >= 15 is 0 Å². The van der Waals surface area contributed by atoms with Crippen LogP contribution in [0.1, 0.15) is 30.0 Å². The van der Waals surface area contributed by atoms with Gasteiger partial charge in [0.1, 0.15) is 6.23 Å². The van der Waals surface area contributed by atoms with Gasteiger partial charge in [-0.3, -0.25) is 9.89 Å². The fraction of sp³-hybridized carbons (Fsp3) is 0.385. The van der Waals surface area contributed by atoms with E-state index in [0.717, 1.165) is 22.2 Å². The van der Waals surface area contributed by atoms with E-state index in [4.69, 9.17) is 0 Å². The maximum absolute atomic E-state index is 11.9. The molecule has 2 aromatic rings. The molecule has 0 aliphatic carbocycles. The Balaban J connectivity index is 2.02. The van der Waals surface area contributed by atoms with Gasteiger partial charge in [0, 0.05) is 5.39 Å². The Morgan fingerprint density at radius 3 is 3.00 bits per heavy atom. The number of aromatic nitrogens is 2. The third kappa shape index (κ3) is 1.76. The van der Waals surface area contributed by atoms with E-state index in [1.165, 1.54) is 0 Å². The lowest BCUT2D eigenvalue weighted by molar-refractivity contribution is -0.128. The SMILES string of the molecule is Cc1ccc2c(C3CCC(O)NC3=O)n[nH]c2c1. The minimum absolute atomic E-state index is 0.150. The second kappa shape index (κ2) is 4.10. The van der Waals surface area contributed by atoms with E-state index in [1.807, 2.05) is 25.1 Å². The van der Waals surface area contributed by atoms with E-state index < -0.39 is 6.23 Å². The quantitative estimate of drug-likeness (QED) is 0.706. The molecule has 0 bridgehead atoms. The second-order valence-electron chi connectivity index (χ2n) is 4.81. The first-order valence-corrected chi connectivity index (χ1v) is 6.08. The van der Waals surface area contributed by atoms with Crippen LogP contribution in [0.25, 0.3) is 10.9 Å². The summed E-state index contributed by atoms with van der Waals surface area (Å²) in [5, 5.41) is 20.2. The average Bonchev–Trinajstić information content (AvgIpc) is 2.72. The first kappa shape index (κ1) is 11.2. The summed E-state index contributed by atoms with van der Waals surface area (Å²) in [5.41, 5.74) is 2.87. The van der Waals surface area contributed by atoms with E-state index in [2.05, 4.69) is 15.5 Å². The fourth-order valence-electron chi connectivity index (χ4n) is 2.47. The van der Waals surface area contributed by atoms with Crippen LogP contribution in [0.15, 0.2) is 18.2 Å². The smallest absolute Gasteiger partial charge is 0.231 e. The van der Waals surface area contributed by atoms with Crippen LogP contribution < -0.4 is 5.32 Å². The molecule has 94 valence electrons. The van der Waals surface area contributed by atoms with Gasteiger partial charge in [0.05, 0.1) is 17.1 Å². The number of aliphatic hydroxyl groups excluding tert-OH is 1. The van der Waals surface area contributed by atoms with Crippen molar-refractivity contribution < 1.29 is 9.90 Å². The lowest BCUT2D eigenvalue weighted by Crippen LogP contribution is -2.42. The predicted octanol–water partition coefficient (Wildman–Crippen LogP) is 1.18. The number of rotatable bonds is 1. The molecule has 2 unspecified atom stereocenters. The molecule has 2 heterocycles. The van der Waals surface area contributed by atoms with Gasteiger partial charge < -0.3 is 10.4 Å². The summed E-state index contributed by atoms with van der Waals surface area (Å²) in [6.07, 6.45) is 0.471. The zero-order valence-corrected chi connectivity index (χ0v) is 10.1. The van der Waals surface area contributed by atoms with Crippen LogP contribution in [0.4, 0.5) is 0 Å². The Bertz CT molecular complexity index is 605. The molecule has 18 heavy (non-hydrogen) atoms. The molecule has 1 saturated heterocycles. The zero-order valence-electron chi connectivity index (χ0n) is 10.1. The fourth-order valence-corrected chi connectivity index (χ4v) is 2.47. The first-order chi connectivity index (χ1) is 8.65. The molecule has 5 nitrogen and oxygen atoms in total. The van der Waals surface area contributed by atoms with Gasteiger partial charge in [-0.1, -0.05) is 12.1 Å². The summed E-state index contributed by atoms with van der Waals surface area (Å²) < 4.78 is 0. The van der Waals surface area contributed by atoms with Crippen LogP contribution >= 0.6 is 0 Å². The highest BCUT2D eigenvalue weighted by Crippen LogP contribution is 2.30. The number of carbonyl (C=O) groups excluding carboxylic acids is 1. The number of aliphatic hydroxyl groups is 1. The van der Waals surface area contributed by atoms with Gasteiger partial charge in [-0.15, -0.1) is 0 Å². The van der Waals surface area contributed by atoms with E-state index in [0.29, 0.717) is 12.8 Å². The summed E-state index contributed by atoms with van der Waals surface area (Å²) >= 11 is 0. The van der Waals surface area contributed by atoms with Crippen molar-refractivity contribution in [3.8, 4) is 0 Å². The van der Waals surface area contributed by atoms with Crippen LogP contribution in [0, 0.1) is 6.92 Å². The molecular formula is C13H15N3O2. The molecule has 3 N–H and O–H groups in total. The number of carbonyl (C=O) groups is 1. The molecule has 0 saturated carbocycles. The Hall–Kier alpha value is -1.88. The first-order valence-electron chi connectivity index (χ1n) is 6.08. The van der Waals surface area contributed by atoms with Crippen LogP contribution in [0.5, 0.6) is 0 Å². The number of nitrogens with zero attached hydrogens (tertiary/aromatic N) is 1. The monoisotopic (exact) mass is 245 g/mol. The maximum Gasteiger partial charge on any atom is 0.231 e. The van der Waals surface area contributed by atoms with Gasteiger partial charge in [-0.2, -0.15) is 5.10 Å². The second-order valence-corrected chi connectivity index (χ2v) is 4.81. The number of amides is 1. The Kier molecular flexibility index (Phi) is 2.56. The molecule has 0 radical (unpaired) electrons. The molecule has 1 aliphatic heterocycles. The maximum atomic E-state index is 11.9. The number of benzene rings is 1. The topological polar surface area (TPSA) is 78.0 Å². The number of aromatic amines is 1. The highest BCUT2D eigenvalue weighted by molar-refractivity contribution is 5.91. The molecule has 1 fully saturated rings. The average molecular weight is 245 g/mol. The third-order valence-electron chi connectivity index (χ3n) is 3.43. The highest BCUT2D eigenvalue weighted by atomic mass is 16.3. The number of aryl methyl sites for hydroxylation is 1. The molecule has 1 amide bonds. The molecule has 1 aromatic heterocycles. The van der Waals surface area contributed by atoms with Crippen LogP contribution in [-0.2, 0) is 4.79 Å². The molecule has 5 heteroatoms. The van der Waals surface area contributed by atoms with Crippen molar-refractivity contribution in [1.29, 1.82) is 0 Å². The van der Waals surface area contributed by atoms with Gasteiger partial charge >= 0.3 is 0 Å². The van der Waals surface area contributed by atoms with Crippen LogP contribution in [0.3, 0.4) is 0 Å². The summed E-state index contributed by atoms with van der Waals surface area (Å²) in [6, 6.07) is 6.01. The molecular weight excluding hydrogens is 230 g/mol. The largest absolute Gasteiger partial charge is 0.374 e. The Morgan fingerprint density at radius 2 is 2.22 bits per heavy atom. The van der Waals surface area contributed by atoms with Crippen molar-refractivity contribution in [2.75, 3.05) is 0 Å². The van der Waals surface area contributed by atoms with Gasteiger partial charge in [-0.05, 0) is 31.4 Å². The van der Waals surface area contributed by atoms with Crippen molar-refractivity contribution in [2.45, 2.75) is 31.9 Å². The number of piperidine rings is 1. The van der Waals surface area contributed by atoms with Crippen molar-refractivity contribution in [2.24, 2.45) is 0 Å². The summed E-state index contributed by atoms with van der Waals surface area (Å²) in [7, 11) is 0. The molecule has 1 aromatic carbocycles. The van der Waals surface area contributed by atoms with Gasteiger partial charge in [0.25, 0.3) is 0 Å². The minimum atomic E-state index is -0.721. The number of hydrogen-bond acceptors (Lipinski definition) is 3. The van der Waals surface area contributed by atoms with E-state index in [9.17, 15) is 9.90 Å². The van der Waals surface area contributed by atoms with Gasteiger partial charge in [0.2, 0.25) is 5.91 Å². The zero-order chi connectivity index (χ0) is 12.7. The third-order valence-corrected chi connectivity index (χ3v) is 3.43. The minimum Gasteiger partial charge on any atom is -0.374 e. The molecule has 3 rings (SSSR count). The number of nitrogens with one attached hydrogen (secondary N) is 2. The van der Waals surface area contributed by atoms with E-state index in [-0.39, 0.29) is 11.8 Å². The van der Waals surface area contributed by atoms with Crippen molar-refractivity contribution in [1.82, 2.24) is 15.5 Å². The highest BCUT2D eigenvalue weighted by Gasteiger charge is 2.30. The van der Waals surface area contributed by atoms with Crippen molar-refractivity contribution >= 4 is 16.8 Å². The Labute approximate surface area is 104 Å². The summed E-state index contributed by atoms with van der Waals surface area (Å²) in [6.45, 7) is 2.02. The standard InChI is InChI=1S/C13H15N3O2/c1-7-2-3-8-10(6-7)15-16-12(8)9-4-5-11(17)14-13(9)18/h2-3,6,9,11,17H,4-5H2,1H3,(H,14,18)(H,15,16). The summed E-state index contributed by atoms with van der Waals surface area (Å²) in [4.78, 5) is 11.9. The molecule has 1 aliphatic rings. The van der Waals surface area contributed by atoms with Crippen molar-refractivity contribution in [3.05, 3.63) is 29.5 Å². The Morgan fingerprint density at radius 1 is 1.39 bits per heavy atom. The number of hydrogen-bond donors (Lipinski definition) is 3. The van der Waals surface area contributed by atoms with Gasteiger partial charge in [-0.25, -0.2) is 0 Å². The number of H-pyrrole nitrogens is 1.